The molecule has 1 aromatic carbocycles. The van der Waals surface area contributed by atoms with E-state index < -0.39 is 11.7 Å². The van der Waals surface area contributed by atoms with Gasteiger partial charge >= 0.3 is 6.18 Å². The molecule has 6 heteroatoms. The van der Waals surface area contributed by atoms with Gasteiger partial charge in [-0.2, -0.15) is 13.2 Å². The van der Waals surface area contributed by atoms with Crippen molar-refractivity contribution >= 4 is 0 Å². The van der Waals surface area contributed by atoms with Crippen LogP contribution in [-0.4, -0.2) is 11.5 Å². The number of halogens is 3. The third kappa shape index (κ3) is 4.19. The number of rotatable bonds is 5. The first-order valence-electron chi connectivity index (χ1n) is 6.49. The third-order valence-electron chi connectivity index (χ3n) is 2.82. The SMILES string of the molecule is CCNCc1ccc(Oc2cccnc2)cc1C(F)(F)F. The van der Waals surface area contributed by atoms with E-state index in [1.54, 1.807) is 18.3 Å². The number of nitrogens with zero attached hydrogens (tertiary/aromatic N) is 1. The lowest BCUT2D eigenvalue weighted by Crippen LogP contribution is -2.17. The van der Waals surface area contributed by atoms with Crippen molar-refractivity contribution in [3.8, 4) is 11.5 Å². The quantitative estimate of drug-likeness (QED) is 0.905. The highest BCUT2D eigenvalue weighted by atomic mass is 19.4. The fourth-order valence-electron chi connectivity index (χ4n) is 1.84. The lowest BCUT2D eigenvalue weighted by Gasteiger charge is -2.15. The molecule has 1 N–H and O–H groups in total. The Labute approximate surface area is 120 Å². The summed E-state index contributed by atoms with van der Waals surface area (Å²) < 4.78 is 44.7. The van der Waals surface area contributed by atoms with Gasteiger partial charge in [-0.1, -0.05) is 13.0 Å². The number of benzene rings is 1. The number of hydrogen-bond donors (Lipinski definition) is 1. The molecule has 1 heterocycles. The maximum atomic E-state index is 13.1. The molecule has 0 unspecified atom stereocenters. The normalized spacial score (nSPS) is 11.4. The standard InChI is InChI=1S/C15H15F3N2O/c1-2-19-9-11-5-6-12(8-14(11)15(16,17)18)21-13-4-3-7-20-10-13/h3-8,10,19H,2,9H2,1H3. The van der Waals surface area contributed by atoms with E-state index in [2.05, 4.69) is 10.3 Å². The maximum absolute atomic E-state index is 13.1. The van der Waals surface area contributed by atoms with Crippen LogP contribution in [0.3, 0.4) is 0 Å². The Bertz CT molecular complexity index is 585. The summed E-state index contributed by atoms with van der Waals surface area (Å²) >= 11 is 0. The monoisotopic (exact) mass is 296 g/mol. The molecule has 112 valence electrons. The van der Waals surface area contributed by atoms with Crippen LogP contribution in [0.5, 0.6) is 11.5 Å². The Kier molecular flexibility index (Phi) is 4.80. The van der Waals surface area contributed by atoms with Gasteiger partial charge in [-0.3, -0.25) is 4.98 Å². The molecular weight excluding hydrogens is 281 g/mol. The average Bonchev–Trinajstić information content (AvgIpc) is 2.46. The minimum absolute atomic E-state index is 0.135. The number of nitrogens with one attached hydrogen (secondary N) is 1. The summed E-state index contributed by atoms with van der Waals surface area (Å²) in [5.74, 6) is 0.528. The van der Waals surface area contributed by atoms with Crippen LogP contribution in [-0.2, 0) is 12.7 Å². The van der Waals surface area contributed by atoms with Gasteiger partial charge in [-0.15, -0.1) is 0 Å². The second-order valence-corrected chi connectivity index (χ2v) is 4.39. The summed E-state index contributed by atoms with van der Waals surface area (Å²) in [5, 5.41) is 2.90. The van der Waals surface area contributed by atoms with Crippen molar-refractivity contribution < 1.29 is 17.9 Å². The minimum atomic E-state index is -4.42. The molecule has 3 nitrogen and oxygen atoms in total. The number of hydrogen-bond acceptors (Lipinski definition) is 3. The van der Waals surface area contributed by atoms with Gasteiger partial charge in [-0.05, 0) is 36.4 Å². The molecular formula is C15H15F3N2O. The Balaban J connectivity index is 2.28. The zero-order valence-electron chi connectivity index (χ0n) is 11.4. The van der Waals surface area contributed by atoms with Gasteiger partial charge < -0.3 is 10.1 Å². The smallest absolute Gasteiger partial charge is 0.416 e. The van der Waals surface area contributed by atoms with Gasteiger partial charge in [0.2, 0.25) is 0 Å². The van der Waals surface area contributed by atoms with Crippen LogP contribution >= 0.6 is 0 Å². The van der Waals surface area contributed by atoms with Crippen molar-refractivity contribution in [1.82, 2.24) is 10.3 Å². The summed E-state index contributed by atoms with van der Waals surface area (Å²) in [6, 6.07) is 7.25. The van der Waals surface area contributed by atoms with Crippen molar-refractivity contribution in [2.75, 3.05) is 6.54 Å². The van der Waals surface area contributed by atoms with Crippen molar-refractivity contribution in [3.05, 3.63) is 53.9 Å². The van der Waals surface area contributed by atoms with Crippen molar-refractivity contribution in [2.24, 2.45) is 0 Å². The largest absolute Gasteiger partial charge is 0.456 e. The second kappa shape index (κ2) is 6.58. The Hall–Kier alpha value is -2.08. The van der Waals surface area contributed by atoms with Gasteiger partial charge in [0.15, 0.2) is 0 Å². The molecule has 0 fully saturated rings. The average molecular weight is 296 g/mol. The van der Waals surface area contributed by atoms with Crippen LogP contribution in [0.1, 0.15) is 18.1 Å². The topological polar surface area (TPSA) is 34.1 Å². The molecule has 2 rings (SSSR count). The molecule has 0 spiro atoms. The van der Waals surface area contributed by atoms with Crippen molar-refractivity contribution in [3.63, 3.8) is 0 Å². The van der Waals surface area contributed by atoms with E-state index in [0.717, 1.165) is 6.07 Å². The zero-order valence-corrected chi connectivity index (χ0v) is 11.4. The van der Waals surface area contributed by atoms with Crippen LogP contribution in [0.2, 0.25) is 0 Å². The van der Waals surface area contributed by atoms with Crippen LogP contribution < -0.4 is 10.1 Å². The molecule has 0 radical (unpaired) electrons. The highest BCUT2D eigenvalue weighted by molar-refractivity contribution is 5.39. The summed E-state index contributed by atoms with van der Waals surface area (Å²) in [7, 11) is 0. The predicted octanol–water partition coefficient (Wildman–Crippen LogP) is 4.00. The second-order valence-electron chi connectivity index (χ2n) is 4.39. The van der Waals surface area contributed by atoms with E-state index >= 15 is 0 Å². The number of pyridine rings is 1. The van der Waals surface area contributed by atoms with Crippen LogP contribution in [0.15, 0.2) is 42.7 Å². The fourth-order valence-corrected chi connectivity index (χ4v) is 1.84. The van der Waals surface area contributed by atoms with Gasteiger partial charge in [0.05, 0.1) is 11.8 Å². The van der Waals surface area contributed by atoms with E-state index in [1.807, 2.05) is 6.92 Å². The lowest BCUT2D eigenvalue weighted by atomic mass is 10.1. The molecule has 0 saturated heterocycles. The van der Waals surface area contributed by atoms with Gasteiger partial charge in [0, 0.05) is 12.7 Å². The maximum Gasteiger partial charge on any atom is 0.416 e. The highest BCUT2D eigenvalue weighted by Gasteiger charge is 2.33. The Morgan fingerprint density at radius 3 is 2.62 bits per heavy atom. The minimum Gasteiger partial charge on any atom is -0.456 e. The zero-order chi connectivity index (χ0) is 15.3. The molecule has 0 aliphatic carbocycles. The van der Waals surface area contributed by atoms with E-state index in [-0.39, 0.29) is 17.9 Å². The van der Waals surface area contributed by atoms with E-state index in [9.17, 15) is 13.2 Å². The Morgan fingerprint density at radius 2 is 2.00 bits per heavy atom. The molecule has 0 saturated carbocycles. The van der Waals surface area contributed by atoms with Crippen molar-refractivity contribution in [1.29, 1.82) is 0 Å². The first kappa shape index (κ1) is 15.3. The van der Waals surface area contributed by atoms with Crippen LogP contribution in [0.25, 0.3) is 0 Å². The van der Waals surface area contributed by atoms with Gasteiger partial charge in [0.1, 0.15) is 11.5 Å². The summed E-state index contributed by atoms with van der Waals surface area (Å²) in [5.41, 5.74) is -0.493. The predicted molar refractivity (Wildman–Crippen MR) is 73.1 cm³/mol. The van der Waals surface area contributed by atoms with Crippen molar-refractivity contribution in [2.45, 2.75) is 19.6 Å². The van der Waals surface area contributed by atoms with Crippen LogP contribution in [0.4, 0.5) is 13.2 Å². The molecule has 21 heavy (non-hydrogen) atoms. The van der Waals surface area contributed by atoms with E-state index in [1.165, 1.54) is 18.3 Å². The molecule has 1 aromatic heterocycles. The number of ether oxygens (including phenoxy) is 1. The van der Waals surface area contributed by atoms with E-state index in [0.29, 0.717) is 12.3 Å². The van der Waals surface area contributed by atoms with Gasteiger partial charge in [0.25, 0.3) is 0 Å². The molecule has 2 aromatic rings. The summed E-state index contributed by atoms with van der Waals surface area (Å²) in [6.07, 6.45) is -1.41. The number of aromatic nitrogens is 1. The van der Waals surface area contributed by atoms with Crippen LogP contribution in [0, 0.1) is 0 Å². The summed E-state index contributed by atoms with van der Waals surface area (Å²) in [4.78, 5) is 3.85. The highest BCUT2D eigenvalue weighted by Crippen LogP contribution is 2.35. The van der Waals surface area contributed by atoms with Gasteiger partial charge in [-0.25, -0.2) is 0 Å². The first-order valence-corrected chi connectivity index (χ1v) is 6.49. The first-order chi connectivity index (χ1) is 10.0. The number of alkyl halides is 3. The molecule has 0 aliphatic rings. The van der Waals surface area contributed by atoms with E-state index in [4.69, 9.17) is 4.74 Å². The summed E-state index contributed by atoms with van der Waals surface area (Å²) in [6.45, 7) is 2.61. The molecule has 0 bridgehead atoms. The lowest BCUT2D eigenvalue weighted by molar-refractivity contribution is -0.138. The molecule has 0 atom stereocenters. The molecule has 0 amide bonds. The molecule has 0 aliphatic heterocycles. The Morgan fingerprint density at radius 1 is 1.19 bits per heavy atom. The third-order valence-corrected chi connectivity index (χ3v) is 2.82. The fraction of sp³-hybridized carbons (Fsp3) is 0.267.